The molecule has 9 heteroatoms. The highest BCUT2D eigenvalue weighted by Gasteiger charge is 2.45. The van der Waals surface area contributed by atoms with Crippen LogP contribution in [0.3, 0.4) is 0 Å². The molecule has 176 valence electrons. The number of aliphatic hydroxyl groups is 1. The minimum atomic E-state index is -0.779. The number of nitrogens with zero attached hydrogens (tertiary/aromatic N) is 3. The zero-order valence-corrected chi connectivity index (χ0v) is 19.5. The zero-order valence-electron chi connectivity index (χ0n) is 18.8. The van der Waals surface area contributed by atoms with Crippen molar-refractivity contribution in [3.05, 3.63) is 82.9 Å². The number of methoxy groups -OCH3 is 2. The molecular weight excluding hydrogens is 458 g/mol. The van der Waals surface area contributed by atoms with Gasteiger partial charge in [0.25, 0.3) is 11.7 Å². The first-order valence-electron chi connectivity index (χ1n) is 10.7. The van der Waals surface area contributed by atoms with Gasteiger partial charge in [-0.1, -0.05) is 23.7 Å². The Labute approximate surface area is 202 Å². The Kier molecular flexibility index (Phi) is 6.88. The first kappa shape index (κ1) is 23.4. The molecule has 0 saturated carbocycles. The molecule has 2 aromatic carbocycles. The number of ketones is 1. The van der Waals surface area contributed by atoms with Gasteiger partial charge in [-0.15, -0.1) is 0 Å². The smallest absolute Gasteiger partial charge is 0.295 e. The standard InChI is InChI=1S/C25H24ClN3O5/c1-33-18-6-3-5-16(13-18)22-21(23(30)17-7-8-20(34-2)19(26)14-17)24(31)25(32)29(22)11-4-10-28-12-9-27-15-28/h3,5-9,12-15,22,30H,4,10-11H2,1-2H3/t22-/m0/s1. The van der Waals surface area contributed by atoms with Crippen LogP contribution in [-0.2, 0) is 16.1 Å². The van der Waals surface area contributed by atoms with Crippen LogP contribution in [0.15, 0.2) is 66.8 Å². The molecule has 1 fully saturated rings. The fraction of sp³-hybridized carbons (Fsp3) is 0.240. The predicted octanol–water partition coefficient (Wildman–Crippen LogP) is 4.07. The second-order valence-corrected chi connectivity index (χ2v) is 8.18. The number of rotatable bonds is 8. The number of hydrogen-bond donors (Lipinski definition) is 1. The molecule has 4 rings (SSSR count). The SMILES string of the molecule is COc1cccc([C@H]2C(=C(O)c3ccc(OC)c(Cl)c3)C(=O)C(=O)N2CCCn2ccnc2)c1. The Balaban J connectivity index is 1.76. The van der Waals surface area contributed by atoms with E-state index in [-0.39, 0.29) is 16.4 Å². The Morgan fingerprint density at radius 2 is 1.94 bits per heavy atom. The molecule has 0 aliphatic carbocycles. The van der Waals surface area contributed by atoms with E-state index in [4.69, 9.17) is 21.1 Å². The van der Waals surface area contributed by atoms with Crippen LogP contribution in [-0.4, -0.2) is 52.0 Å². The fourth-order valence-electron chi connectivity index (χ4n) is 4.08. The van der Waals surface area contributed by atoms with Crippen molar-refractivity contribution in [2.45, 2.75) is 19.0 Å². The van der Waals surface area contributed by atoms with Gasteiger partial charge in [0.05, 0.1) is 37.2 Å². The van der Waals surface area contributed by atoms with Crippen molar-refractivity contribution < 1.29 is 24.2 Å². The van der Waals surface area contributed by atoms with Crippen LogP contribution in [0.1, 0.15) is 23.6 Å². The number of benzene rings is 2. The fourth-order valence-corrected chi connectivity index (χ4v) is 4.34. The minimum absolute atomic E-state index is 0.00196. The van der Waals surface area contributed by atoms with Crippen molar-refractivity contribution in [1.29, 1.82) is 0 Å². The van der Waals surface area contributed by atoms with Gasteiger partial charge in [-0.25, -0.2) is 4.98 Å². The van der Waals surface area contributed by atoms with Gasteiger partial charge in [0.15, 0.2) is 0 Å². The molecule has 1 aliphatic rings. The monoisotopic (exact) mass is 481 g/mol. The van der Waals surface area contributed by atoms with Crippen molar-refractivity contribution in [2.75, 3.05) is 20.8 Å². The largest absolute Gasteiger partial charge is 0.507 e. The number of hydrogen-bond acceptors (Lipinski definition) is 6. The third kappa shape index (κ3) is 4.49. The van der Waals surface area contributed by atoms with Crippen LogP contribution in [0.2, 0.25) is 5.02 Å². The Morgan fingerprint density at radius 3 is 2.62 bits per heavy atom. The average Bonchev–Trinajstić information content (AvgIpc) is 3.46. The number of ether oxygens (including phenoxy) is 2. The number of imidazole rings is 1. The highest BCUT2D eigenvalue weighted by atomic mass is 35.5. The lowest BCUT2D eigenvalue weighted by Crippen LogP contribution is -2.31. The van der Waals surface area contributed by atoms with Crippen LogP contribution < -0.4 is 9.47 Å². The summed E-state index contributed by atoms with van der Waals surface area (Å²) in [5, 5.41) is 11.5. The number of carbonyl (C=O) groups is 2. The van der Waals surface area contributed by atoms with Crippen molar-refractivity contribution in [3.63, 3.8) is 0 Å². The zero-order chi connectivity index (χ0) is 24.2. The van der Waals surface area contributed by atoms with E-state index in [1.165, 1.54) is 18.1 Å². The first-order valence-corrected chi connectivity index (χ1v) is 11.0. The number of Topliss-reactive ketones (excluding diaryl/α,β-unsaturated/α-hetero) is 1. The first-order chi connectivity index (χ1) is 16.4. The molecule has 0 radical (unpaired) electrons. The molecule has 34 heavy (non-hydrogen) atoms. The van der Waals surface area contributed by atoms with Crippen LogP contribution >= 0.6 is 11.6 Å². The predicted molar refractivity (Wildman–Crippen MR) is 127 cm³/mol. The summed E-state index contributed by atoms with van der Waals surface area (Å²) < 4.78 is 12.4. The van der Waals surface area contributed by atoms with E-state index in [1.54, 1.807) is 56.0 Å². The molecular formula is C25H24ClN3O5. The number of carbonyl (C=O) groups excluding carboxylic acids is 2. The lowest BCUT2D eigenvalue weighted by molar-refractivity contribution is -0.139. The summed E-state index contributed by atoms with van der Waals surface area (Å²) in [4.78, 5) is 31.8. The third-order valence-corrected chi connectivity index (χ3v) is 6.04. The topological polar surface area (TPSA) is 93.9 Å². The Hall–Kier alpha value is -3.78. The van der Waals surface area contributed by atoms with Gasteiger partial charge in [0.2, 0.25) is 0 Å². The number of aliphatic hydroxyl groups excluding tert-OH is 1. The summed E-state index contributed by atoms with van der Waals surface area (Å²) in [6.45, 7) is 0.937. The van der Waals surface area contributed by atoms with Crippen LogP contribution in [0.5, 0.6) is 11.5 Å². The van der Waals surface area contributed by atoms with Gasteiger partial charge in [0, 0.05) is 31.0 Å². The number of aromatic nitrogens is 2. The number of halogens is 1. The molecule has 2 heterocycles. The van der Waals surface area contributed by atoms with Gasteiger partial charge >= 0.3 is 0 Å². The minimum Gasteiger partial charge on any atom is -0.507 e. The van der Waals surface area contributed by atoms with E-state index >= 15 is 0 Å². The van der Waals surface area contributed by atoms with Crippen molar-refractivity contribution in [3.8, 4) is 11.5 Å². The molecule has 0 unspecified atom stereocenters. The molecule has 1 saturated heterocycles. The maximum absolute atomic E-state index is 13.2. The highest BCUT2D eigenvalue weighted by Crippen LogP contribution is 2.41. The van der Waals surface area contributed by atoms with Crippen LogP contribution in [0.25, 0.3) is 5.76 Å². The van der Waals surface area contributed by atoms with Crippen molar-refractivity contribution in [2.24, 2.45) is 0 Å². The molecule has 1 aliphatic heterocycles. The summed E-state index contributed by atoms with van der Waals surface area (Å²) in [6.07, 6.45) is 5.81. The van der Waals surface area contributed by atoms with Gasteiger partial charge in [0.1, 0.15) is 17.3 Å². The second kappa shape index (κ2) is 10.0. The van der Waals surface area contributed by atoms with Crippen molar-refractivity contribution >= 4 is 29.1 Å². The van der Waals surface area contributed by atoms with E-state index in [2.05, 4.69) is 4.98 Å². The third-order valence-electron chi connectivity index (χ3n) is 5.75. The molecule has 0 spiro atoms. The molecule has 1 aromatic heterocycles. The Bertz CT molecular complexity index is 1240. The second-order valence-electron chi connectivity index (χ2n) is 7.77. The quantitative estimate of drug-likeness (QED) is 0.296. The number of likely N-dealkylation sites (tertiary alicyclic amines) is 1. The summed E-state index contributed by atoms with van der Waals surface area (Å²) in [6, 6.07) is 11.0. The van der Waals surface area contributed by atoms with Gasteiger partial charge < -0.3 is 24.0 Å². The number of amides is 1. The summed E-state index contributed by atoms with van der Waals surface area (Å²) >= 11 is 6.24. The maximum Gasteiger partial charge on any atom is 0.295 e. The van der Waals surface area contributed by atoms with E-state index in [0.29, 0.717) is 42.1 Å². The summed E-state index contributed by atoms with van der Waals surface area (Å²) in [7, 11) is 3.03. The van der Waals surface area contributed by atoms with Crippen molar-refractivity contribution in [1.82, 2.24) is 14.5 Å². The summed E-state index contributed by atoms with van der Waals surface area (Å²) in [5.41, 5.74) is 0.972. The van der Waals surface area contributed by atoms with E-state index in [0.717, 1.165) is 0 Å². The van der Waals surface area contributed by atoms with Gasteiger partial charge in [-0.2, -0.15) is 0 Å². The molecule has 0 bridgehead atoms. The lowest BCUT2D eigenvalue weighted by Gasteiger charge is -2.25. The lowest BCUT2D eigenvalue weighted by atomic mass is 9.95. The Morgan fingerprint density at radius 1 is 1.12 bits per heavy atom. The molecule has 1 N–H and O–H groups in total. The average molecular weight is 482 g/mol. The van der Waals surface area contributed by atoms with Gasteiger partial charge in [-0.05, 0) is 42.3 Å². The summed E-state index contributed by atoms with van der Waals surface area (Å²) in [5.74, 6) is -0.705. The molecule has 3 aromatic rings. The normalized spacial score (nSPS) is 17.3. The number of aryl methyl sites for hydroxylation is 1. The van der Waals surface area contributed by atoms with E-state index in [9.17, 15) is 14.7 Å². The molecule has 8 nitrogen and oxygen atoms in total. The highest BCUT2D eigenvalue weighted by molar-refractivity contribution is 6.46. The molecule has 1 atom stereocenters. The molecule has 1 amide bonds. The van der Waals surface area contributed by atoms with Crippen LogP contribution in [0, 0.1) is 0 Å². The van der Waals surface area contributed by atoms with E-state index < -0.39 is 17.7 Å². The van der Waals surface area contributed by atoms with Crippen LogP contribution in [0.4, 0.5) is 0 Å². The van der Waals surface area contributed by atoms with Gasteiger partial charge in [-0.3, -0.25) is 9.59 Å². The van der Waals surface area contributed by atoms with E-state index in [1.807, 2.05) is 10.8 Å². The maximum atomic E-state index is 13.2.